The van der Waals surface area contributed by atoms with Crippen LogP contribution < -0.4 is 10.3 Å². The highest BCUT2D eigenvalue weighted by atomic mass is 35.5. The van der Waals surface area contributed by atoms with Crippen molar-refractivity contribution < 1.29 is 4.74 Å². The summed E-state index contributed by atoms with van der Waals surface area (Å²) in [4.78, 5) is 21.8. The zero-order chi connectivity index (χ0) is 19.1. The minimum atomic E-state index is -0.240. The van der Waals surface area contributed by atoms with Crippen LogP contribution in [0, 0.1) is 6.92 Å². The van der Waals surface area contributed by atoms with Crippen LogP contribution in [0.1, 0.15) is 23.3 Å². The molecule has 0 saturated heterocycles. The third-order valence-corrected chi connectivity index (χ3v) is 5.63. The first-order valence-electron chi connectivity index (χ1n) is 8.23. The molecule has 0 saturated carbocycles. The summed E-state index contributed by atoms with van der Waals surface area (Å²) in [5.74, 6) is 0.417. The van der Waals surface area contributed by atoms with Gasteiger partial charge in [-0.1, -0.05) is 41.5 Å². The van der Waals surface area contributed by atoms with Gasteiger partial charge in [-0.05, 0) is 31.5 Å². The molecule has 9 heteroatoms. The second kappa shape index (κ2) is 7.07. The first kappa shape index (κ1) is 18.2. The predicted octanol–water partition coefficient (Wildman–Crippen LogP) is 4.46. The largest absolute Gasteiger partial charge is 0.483 e. The Morgan fingerprint density at radius 3 is 2.78 bits per heavy atom. The quantitative estimate of drug-likeness (QED) is 0.487. The van der Waals surface area contributed by atoms with Gasteiger partial charge in [-0.25, -0.2) is 9.97 Å². The number of nitrogens with zero attached hydrogens (tertiary/aromatic N) is 4. The summed E-state index contributed by atoms with van der Waals surface area (Å²) in [6.07, 6.45) is 0.747. The maximum Gasteiger partial charge on any atom is 0.275 e. The fourth-order valence-corrected chi connectivity index (χ4v) is 4.11. The highest BCUT2D eigenvalue weighted by molar-refractivity contribution is 7.16. The molecule has 0 aliphatic heterocycles. The van der Waals surface area contributed by atoms with Gasteiger partial charge in [-0.3, -0.25) is 4.79 Å². The Morgan fingerprint density at radius 1 is 1.19 bits per heavy atom. The minimum Gasteiger partial charge on any atom is -0.483 e. The minimum absolute atomic E-state index is 0.0805. The normalized spacial score (nSPS) is 11.4. The maximum absolute atomic E-state index is 12.3. The van der Waals surface area contributed by atoms with E-state index in [2.05, 4.69) is 15.1 Å². The highest BCUT2D eigenvalue weighted by Gasteiger charge is 2.15. The molecule has 3 aromatic heterocycles. The lowest BCUT2D eigenvalue weighted by molar-refractivity contribution is 0.304. The van der Waals surface area contributed by atoms with Crippen molar-refractivity contribution in [2.24, 2.45) is 0 Å². The van der Waals surface area contributed by atoms with E-state index in [1.807, 2.05) is 26.0 Å². The molecule has 4 rings (SSSR count). The number of aryl methyl sites for hydroxylation is 2. The van der Waals surface area contributed by atoms with Gasteiger partial charge in [0.15, 0.2) is 5.75 Å². The second-order valence-corrected chi connectivity index (χ2v) is 7.79. The number of aromatic nitrogens is 4. The summed E-state index contributed by atoms with van der Waals surface area (Å²) in [5.41, 5.74) is 1.66. The summed E-state index contributed by atoms with van der Waals surface area (Å²) >= 11 is 14.0. The van der Waals surface area contributed by atoms with Crippen molar-refractivity contribution in [2.75, 3.05) is 0 Å². The van der Waals surface area contributed by atoms with Crippen molar-refractivity contribution in [1.82, 2.24) is 19.6 Å². The molecule has 0 unspecified atom stereocenters. The average Bonchev–Trinajstić information content (AvgIpc) is 3.05. The zero-order valence-electron chi connectivity index (χ0n) is 14.5. The van der Waals surface area contributed by atoms with Gasteiger partial charge < -0.3 is 4.74 Å². The van der Waals surface area contributed by atoms with Gasteiger partial charge in [-0.15, -0.1) is 0 Å². The third-order valence-electron chi connectivity index (χ3n) is 3.98. The number of hydrogen-bond donors (Lipinski definition) is 0. The van der Waals surface area contributed by atoms with E-state index < -0.39 is 0 Å². The SMILES string of the molecule is CCc1nn2c(=O)cc(COc3c(Cl)cc(Cl)c4ccc(C)nc34)nc2s1. The van der Waals surface area contributed by atoms with Gasteiger partial charge in [0.1, 0.15) is 17.1 Å². The van der Waals surface area contributed by atoms with Crippen LogP contribution in [-0.4, -0.2) is 19.6 Å². The lowest BCUT2D eigenvalue weighted by atomic mass is 10.2. The Morgan fingerprint density at radius 2 is 2.00 bits per heavy atom. The van der Waals surface area contributed by atoms with Crippen LogP contribution in [0.15, 0.2) is 29.1 Å². The Kier molecular flexibility index (Phi) is 4.75. The standard InChI is InChI=1S/C18H14Cl2N4O2S/c1-3-14-23-24-15(25)6-10(22-18(24)27-14)8-26-17-13(20)7-12(19)11-5-4-9(2)21-16(11)17/h4-7H,3,8H2,1-2H3. The van der Waals surface area contributed by atoms with E-state index in [9.17, 15) is 4.79 Å². The van der Waals surface area contributed by atoms with Crippen LogP contribution in [-0.2, 0) is 13.0 Å². The van der Waals surface area contributed by atoms with Gasteiger partial charge in [0.2, 0.25) is 4.96 Å². The number of rotatable bonds is 4. The molecule has 3 heterocycles. The first-order chi connectivity index (χ1) is 13.0. The number of hydrogen-bond acceptors (Lipinski definition) is 6. The Hall–Kier alpha value is -2.22. The molecular weight excluding hydrogens is 407 g/mol. The van der Waals surface area contributed by atoms with Crippen LogP contribution in [0.2, 0.25) is 10.0 Å². The van der Waals surface area contributed by atoms with Crippen molar-refractivity contribution >= 4 is 50.4 Å². The molecule has 6 nitrogen and oxygen atoms in total. The number of fused-ring (bicyclic) bond motifs is 2. The van der Waals surface area contributed by atoms with Crippen LogP contribution in [0.5, 0.6) is 5.75 Å². The van der Waals surface area contributed by atoms with Crippen molar-refractivity contribution in [3.63, 3.8) is 0 Å². The summed E-state index contributed by atoms with van der Waals surface area (Å²) in [7, 11) is 0. The molecule has 1 aromatic carbocycles. The van der Waals surface area contributed by atoms with E-state index in [0.717, 1.165) is 22.5 Å². The molecule has 0 aliphatic carbocycles. The molecule has 0 fully saturated rings. The Labute approximate surface area is 168 Å². The maximum atomic E-state index is 12.3. The van der Waals surface area contributed by atoms with Crippen LogP contribution in [0.3, 0.4) is 0 Å². The summed E-state index contributed by atoms with van der Waals surface area (Å²) < 4.78 is 7.21. The molecule has 0 aliphatic rings. The molecule has 0 atom stereocenters. The predicted molar refractivity (Wildman–Crippen MR) is 107 cm³/mol. The molecule has 27 heavy (non-hydrogen) atoms. The van der Waals surface area contributed by atoms with E-state index in [4.69, 9.17) is 27.9 Å². The fourth-order valence-electron chi connectivity index (χ4n) is 2.69. The van der Waals surface area contributed by atoms with Gasteiger partial charge in [0.25, 0.3) is 5.56 Å². The molecule has 138 valence electrons. The topological polar surface area (TPSA) is 69.4 Å². The van der Waals surface area contributed by atoms with Gasteiger partial charge in [-0.2, -0.15) is 9.61 Å². The van der Waals surface area contributed by atoms with Crippen molar-refractivity contribution in [2.45, 2.75) is 26.9 Å². The monoisotopic (exact) mass is 420 g/mol. The van der Waals surface area contributed by atoms with Gasteiger partial charge >= 0.3 is 0 Å². The first-order valence-corrected chi connectivity index (χ1v) is 9.80. The number of benzene rings is 1. The number of ether oxygens (including phenoxy) is 1. The van der Waals surface area contributed by atoms with Gasteiger partial charge in [0, 0.05) is 17.1 Å². The average molecular weight is 421 g/mol. The fraction of sp³-hybridized carbons (Fsp3) is 0.222. The molecule has 0 spiro atoms. The van der Waals surface area contributed by atoms with Crippen LogP contribution in [0.4, 0.5) is 0 Å². The lowest BCUT2D eigenvalue weighted by Gasteiger charge is -2.12. The zero-order valence-corrected chi connectivity index (χ0v) is 16.8. The van der Waals surface area contributed by atoms with E-state index in [-0.39, 0.29) is 12.2 Å². The number of pyridine rings is 1. The van der Waals surface area contributed by atoms with Crippen molar-refractivity contribution in [1.29, 1.82) is 0 Å². The Bertz CT molecular complexity index is 1240. The summed E-state index contributed by atoms with van der Waals surface area (Å²) in [5, 5.41) is 6.70. The van der Waals surface area contributed by atoms with Crippen LogP contribution >= 0.6 is 34.5 Å². The van der Waals surface area contributed by atoms with E-state index >= 15 is 0 Å². The molecule has 0 bridgehead atoms. The molecular formula is C18H14Cl2N4O2S. The molecule has 0 amide bonds. The lowest BCUT2D eigenvalue weighted by Crippen LogP contribution is -2.16. The highest BCUT2D eigenvalue weighted by Crippen LogP contribution is 2.37. The Balaban J connectivity index is 1.72. The molecule has 0 radical (unpaired) electrons. The molecule has 0 N–H and O–H groups in total. The number of halogens is 2. The smallest absolute Gasteiger partial charge is 0.275 e. The van der Waals surface area contributed by atoms with E-state index in [1.54, 1.807) is 6.07 Å². The third kappa shape index (κ3) is 3.38. The van der Waals surface area contributed by atoms with Gasteiger partial charge in [0.05, 0.1) is 15.7 Å². The van der Waals surface area contributed by atoms with Crippen LogP contribution in [0.25, 0.3) is 15.9 Å². The van der Waals surface area contributed by atoms with Crippen molar-refractivity contribution in [3.05, 3.63) is 61.1 Å². The van der Waals surface area contributed by atoms with E-state index in [1.165, 1.54) is 21.9 Å². The molecule has 4 aromatic rings. The summed E-state index contributed by atoms with van der Waals surface area (Å²) in [6.45, 7) is 3.94. The van der Waals surface area contributed by atoms with Crippen molar-refractivity contribution in [3.8, 4) is 5.75 Å². The van der Waals surface area contributed by atoms with E-state index in [0.29, 0.717) is 32.0 Å². The second-order valence-electron chi connectivity index (χ2n) is 5.94. The summed E-state index contributed by atoms with van der Waals surface area (Å²) in [6, 6.07) is 6.79.